The van der Waals surface area contributed by atoms with Gasteiger partial charge in [0.2, 0.25) is 0 Å². The van der Waals surface area contributed by atoms with Crippen molar-refractivity contribution in [3.05, 3.63) is 77.9 Å². The zero-order valence-corrected chi connectivity index (χ0v) is 10.6. The third kappa shape index (κ3) is 3.17. The summed E-state index contributed by atoms with van der Waals surface area (Å²) >= 11 is 0. The lowest BCUT2D eigenvalue weighted by atomic mass is 10.1. The van der Waals surface area contributed by atoms with Crippen LogP contribution in [-0.4, -0.2) is 6.21 Å². The maximum Gasteiger partial charge on any atom is 0.0721 e. The van der Waals surface area contributed by atoms with E-state index in [9.17, 15) is 0 Å². The number of benzene rings is 2. The fourth-order valence-electron chi connectivity index (χ4n) is 1.73. The molecule has 90 valence electrons. The van der Waals surface area contributed by atoms with Crippen molar-refractivity contribution in [2.24, 2.45) is 4.99 Å². The summed E-state index contributed by atoms with van der Waals surface area (Å²) in [6.07, 6.45) is 3.76. The van der Waals surface area contributed by atoms with Crippen molar-refractivity contribution in [2.45, 2.75) is 13.0 Å². The van der Waals surface area contributed by atoms with Crippen LogP contribution in [-0.2, 0) is 0 Å². The van der Waals surface area contributed by atoms with Gasteiger partial charge in [-0.05, 0) is 23.6 Å². The molecular weight excluding hydrogens is 218 g/mol. The Morgan fingerprint density at radius 3 is 2.17 bits per heavy atom. The molecule has 2 rings (SSSR count). The molecule has 1 atom stereocenters. The lowest BCUT2D eigenvalue weighted by Gasteiger charge is -2.05. The standard InChI is InChI=1S/C17H17N/c1-3-15-9-11-16(12-10-15)13-18-14(2)17-7-5-4-6-8-17/h3-14H,1H2,2H3/t14-/m1/s1. The summed E-state index contributed by atoms with van der Waals surface area (Å²) in [7, 11) is 0. The first-order chi connectivity index (χ1) is 8.79. The van der Waals surface area contributed by atoms with Gasteiger partial charge in [-0.1, -0.05) is 67.3 Å². The maximum atomic E-state index is 4.57. The van der Waals surface area contributed by atoms with Crippen LogP contribution in [0.1, 0.15) is 29.7 Å². The molecule has 0 heterocycles. The van der Waals surface area contributed by atoms with Gasteiger partial charge in [0, 0.05) is 6.21 Å². The predicted molar refractivity (Wildman–Crippen MR) is 79.0 cm³/mol. The molecule has 18 heavy (non-hydrogen) atoms. The van der Waals surface area contributed by atoms with E-state index in [4.69, 9.17) is 0 Å². The van der Waals surface area contributed by atoms with Crippen molar-refractivity contribution in [2.75, 3.05) is 0 Å². The highest BCUT2D eigenvalue weighted by Crippen LogP contribution is 2.15. The van der Waals surface area contributed by atoms with E-state index in [0.717, 1.165) is 11.1 Å². The Morgan fingerprint density at radius 1 is 0.944 bits per heavy atom. The van der Waals surface area contributed by atoms with Crippen LogP contribution in [0, 0.1) is 0 Å². The van der Waals surface area contributed by atoms with Gasteiger partial charge in [-0.3, -0.25) is 4.99 Å². The molecule has 0 saturated carbocycles. The van der Waals surface area contributed by atoms with Crippen molar-refractivity contribution in [1.29, 1.82) is 0 Å². The highest BCUT2D eigenvalue weighted by atomic mass is 14.8. The zero-order valence-electron chi connectivity index (χ0n) is 10.6. The molecule has 0 N–H and O–H groups in total. The van der Waals surface area contributed by atoms with E-state index in [1.807, 2.05) is 42.6 Å². The molecule has 0 radical (unpaired) electrons. The van der Waals surface area contributed by atoms with E-state index < -0.39 is 0 Å². The van der Waals surface area contributed by atoms with Crippen LogP contribution in [0.4, 0.5) is 0 Å². The van der Waals surface area contributed by atoms with Crippen molar-refractivity contribution in [1.82, 2.24) is 0 Å². The highest BCUT2D eigenvalue weighted by molar-refractivity contribution is 5.80. The van der Waals surface area contributed by atoms with E-state index in [2.05, 4.69) is 42.8 Å². The lowest BCUT2D eigenvalue weighted by Crippen LogP contribution is -1.90. The zero-order chi connectivity index (χ0) is 12.8. The number of aliphatic imine (C=N–C) groups is 1. The third-order valence-corrected chi connectivity index (χ3v) is 2.90. The third-order valence-electron chi connectivity index (χ3n) is 2.90. The minimum absolute atomic E-state index is 0.185. The van der Waals surface area contributed by atoms with E-state index in [1.165, 1.54) is 5.56 Å². The van der Waals surface area contributed by atoms with Crippen LogP contribution in [0.5, 0.6) is 0 Å². The van der Waals surface area contributed by atoms with Crippen LogP contribution >= 0.6 is 0 Å². The second-order valence-corrected chi connectivity index (χ2v) is 4.24. The quantitative estimate of drug-likeness (QED) is 0.691. The molecule has 0 bridgehead atoms. The summed E-state index contributed by atoms with van der Waals surface area (Å²) in [5.74, 6) is 0. The molecule has 0 fully saturated rings. The molecule has 0 aliphatic heterocycles. The van der Waals surface area contributed by atoms with Gasteiger partial charge >= 0.3 is 0 Å². The Morgan fingerprint density at radius 2 is 1.56 bits per heavy atom. The van der Waals surface area contributed by atoms with Crippen LogP contribution < -0.4 is 0 Å². The van der Waals surface area contributed by atoms with E-state index in [-0.39, 0.29) is 6.04 Å². The minimum atomic E-state index is 0.185. The van der Waals surface area contributed by atoms with Gasteiger partial charge in [-0.25, -0.2) is 0 Å². The lowest BCUT2D eigenvalue weighted by molar-refractivity contribution is 0.825. The SMILES string of the molecule is C=Cc1ccc(C=N[C@H](C)c2ccccc2)cc1. The molecule has 0 spiro atoms. The first-order valence-electron chi connectivity index (χ1n) is 6.10. The molecule has 2 aromatic carbocycles. The Bertz CT molecular complexity index is 523. The number of nitrogens with zero attached hydrogens (tertiary/aromatic N) is 1. The Labute approximate surface area is 109 Å². The second-order valence-electron chi connectivity index (χ2n) is 4.24. The van der Waals surface area contributed by atoms with Gasteiger partial charge in [0.15, 0.2) is 0 Å². The molecule has 2 aromatic rings. The summed E-state index contributed by atoms with van der Waals surface area (Å²) in [5.41, 5.74) is 3.48. The predicted octanol–water partition coefficient (Wildman–Crippen LogP) is 4.51. The van der Waals surface area contributed by atoms with Crippen LogP contribution in [0.3, 0.4) is 0 Å². The maximum absolute atomic E-state index is 4.57. The Kier molecular flexibility index (Phi) is 4.08. The fourth-order valence-corrected chi connectivity index (χ4v) is 1.73. The van der Waals surface area contributed by atoms with Gasteiger partial charge in [-0.2, -0.15) is 0 Å². The highest BCUT2D eigenvalue weighted by Gasteiger charge is 2.00. The van der Waals surface area contributed by atoms with Crippen molar-refractivity contribution >= 4 is 12.3 Å². The molecule has 0 unspecified atom stereocenters. The molecule has 0 aliphatic rings. The Hall–Kier alpha value is -2.15. The molecule has 0 amide bonds. The van der Waals surface area contributed by atoms with Gasteiger partial charge < -0.3 is 0 Å². The Balaban J connectivity index is 2.08. The largest absolute Gasteiger partial charge is 0.285 e. The van der Waals surface area contributed by atoms with E-state index >= 15 is 0 Å². The number of rotatable bonds is 4. The van der Waals surface area contributed by atoms with Crippen LogP contribution in [0.2, 0.25) is 0 Å². The molecular formula is C17H17N. The van der Waals surface area contributed by atoms with Gasteiger partial charge in [-0.15, -0.1) is 0 Å². The van der Waals surface area contributed by atoms with E-state index in [1.54, 1.807) is 0 Å². The van der Waals surface area contributed by atoms with E-state index in [0.29, 0.717) is 0 Å². The summed E-state index contributed by atoms with van der Waals surface area (Å²) in [5, 5.41) is 0. The smallest absolute Gasteiger partial charge is 0.0721 e. The summed E-state index contributed by atoms with van der Waals surface area (Å²) in [4.78, 5) is 4.57. The molecule has 1 heteroatoms. The summed E-state index contributed by atoms with van der Waals surface area (Å²) < 4.78 is 0. The second kappa shape index (κ2) is 5.97. The number of hydrogen-bond donors (Lipinski definition) is 0. The average molecular weight is 235 g/mol. The molecule has 1 nitrogen and oxygen atoms in total. The molecule has 0 aromatic heterocycles. The average Bonchev–Trinajstić information content (AvgIpc) is 2.46. The van der Waals surface area contributed by atoms with Gasteiger partial charge in [0.25, 0.3) is 0 Å². The van der Waals surface area contributed by atoms with Crippen molar-refractivity contribution < 1.29 is 0 Å². The first kappa shape index (κ1) is 12.3. The fraction of sp³-hybridized carbons (Fsp3) is 0.118. The van der Waals surface area contributed by atoms with Crippen LogP contribution in [0.15, 0.2) is 66.2 Å². The van der Waals surface area contributed by atoms with Gasteiger partial charge in [0.05, 0.1) is 6.04 Å². The first-order valence-corrected chi connectivity index (χ1v) is 6.10. The van der Waals surface area contributed by atoms with Gasteiger partial charge in [0.1, 0.15) is 0 Å². The number of hydrogen-bond acceptors (Lipinski definition) is 1. The summed E-state index contributed by atoms with van der Waals surface area (Å²) in [6, 6.07) is 18.7. The molecule has 0 aliphatic carbocycles. The van der Waals surface area contributed by atoms with Crippen LogP contribution in [0.25, 0.3) is 6.08 Å². The minimum Gasteiger partial charge on any atom is -0.285 e. The van der Waals surface area contributed by atoms with Crippen molar-refractivity contribution in [3.63, 3.8) is 0 Å². The topological polar surface area (TPSA) is 12.4 Å². The monoisotopic (exact) mass is 235 g/mol. The normalized spacial score (nSPS) is 12.5. The molecule has 0 saturated heterocycles. The summed E-state index contributed by atoms with van der Waals surface area (Å²) in [6.45, 7) is 5.84. The van der Waals surface area contributed by atoms with Crippen molar-refractivity contribution in [3.8, 4) is 0 Å².